The molecule has 0 bridgehead atoms. The highest BCUT2D eigenvalue weighted by atomic mass is 32.2. The summed E-state index contributed by atoms with van der Waals surface area (Å²) in [5.74, 6) is 0.885. The molecule has 2 fully saturated rings. The number of hydrogen-bond acceptors (Lipinski definition) is 3. The summed E-state index contributed by atoms with van der Waals surface area (Å²) < 4.78 is 26.5. The minimum Gasteiger partial charge on any atom is -0.313 e. The Bertz CT molecular complexity index is 410. The molecule has 118 valence electrons. The maximum Gasteiger partial charge on any atom is 0.215 e. The van der Waals surface area contributed by atoms with Gasteiger partial charge in [-0.05, 0) is 43.4 Å². The lowest BCUT2D eigenvalue weighted by molar-refractivity contribution is 0.217. The number of nitrogens with one attached hydrogen (secondary N) is 1. The van der Waals surface area contributed by atoms with Crippen molar-refractivity contribution in [2.45, 2.75) is 58.9 Å². The monoisotopic (exact) mass is 302 g/mol. The molecule has 2 rings (SSSR count). The SMILES string of the molecule is CC(C)(C)C1CCCN(S(=O)(=O)CCNC2CC2)CC1. The average molecular weight is 302 g/mol. The summed E-state index contributed by atoms with van der Waals surface area (Å²) in [6.45, 7) is 8.81. The molecule has 1 unspecified atom stereocenters. The molecule has 20 heavy (non-hydrogen) atoms. The van der Waals surface area contributed by atoms with E-state index < -0.39 is 10.0 Å². The molecule has 1 heterocycles. The van der Waals surface area contributed by atoms with Crippen LogP contribution in [0.15, 0.2) is 0 Å². The summed E-state index contributed by atoms with van der Waals surface area (Å²) in [5.41, 5.74) is 0.285. The normalized spacial score (nSPS) is 26.4. The summed E-state index contributed by atoms with van der Waals surface area (Å²) in [4.78, 5) is 0. The fourth-order valence-electron chi connectivity index (χ4n) is 3.02. The van der Waals surface area contributed by atoms with Gasteiger partial charge in [0.1, 0.15) is 0 Å². The van der Waals surface area contributed by atoms with Gasteiger partial charge in [-0.2, -0.15) is 0 Å². The van der Waals surface area contributed by atoms with Gasteiger partial charge in [0, 0.05) is 25.7 Å². The Balaban J connectivity index is 1.84. The van der Waals surface area contributed by atoms with Crippen molar-refractivity contribution in [3.8, 4) is 0 Å². The Hall–Kier alpha value is -0.130. The predicted octanol–water partition coefficient (Wildman–Crippen LogP) is 2.22. The summed E-state index contributed by atoms with van der Waals surface area (Å²) in [6, 6.07) is 0.583. The Morgan fingerprint density at radius 3 is 2.40 bits per heavy atom. The van der Waals surface area contributed by atoms with Gasteiger partial charge < -0.3 is 5.32 Å². The zero-order valence-electron chi connectivity index (χ0n) is 13.2. The van der Waals surface area contributed by atoms with Crippen LogP contribution in [-0.2, 0) is 10.0 Å². The molecule has 4 nitrogen and oxygen atoms in total. The van der Waals surface area contributed by atoms with Gasteiger partial charge in [-0.3, -0.25) is 0 Å². The zero-order valence-corrected chi connectivity index (χ0v) is 14.0. The van der Waals surface area contributed by atoms with Gasteiger partial charge in [-0.1, -0.05) is 20.8 Å². The zero-order chi connectivity index (χ0) is 14.8. The van der Waals surface area contributed by atoms with Crippen molar-refractivity contribution in [2.24, 2.45) is 11.3 Å². The first-order chi connectivity index (χ1) is 9.29. The van der Waals surface area contributed by atoms with Gasteiger partial charge in [0.2, 0.25) is 10.0 Å². The number of nitrogens with zero attached hydrogens (tertiary/aromatic N) is 1. The van der Waals surface area contributed by atoms with Crippen LogP contribution in [0.2, 0.25) is 0 Å². The lowest BCUT2D eigenvalue weighted by Crippen LogP contribution is -2.37. The summed E-state index contributed by atoms with van der Waals surface area (Å²) in [7, 11) is -3.07. The van der Waals surface area contributed by atoms with Crippen molar-refractivity contribution in [1.29, 1.82) is 0 Å². The van der Waals surface area contributed by atoms with E-state index >= 15 is 0 Å². The van der Waals surface area contributed by atoms with Crippen molar-refractivity contribution in [1.82, 2.24) is 9.62 Å². The molecule has 5 heteroatoms. The number of hydrogen-bond donors (Lipinski definition) is 1. The molecule has 0 aromatic carbocycles. The third kappa shape index (κ3) is 4.71. The van der Waals surface area contributed by atoms with Gasteiger partial charge >= 0.3 is 0 Å². The molecule has 0 radical (unpaired) electrons. The molecule has 2 aliphatic rings. The predicted molar refractivity (Wildman–Crippen MR) is 83.2 cm³/mol. The first kappa shape index (κ1) is 16.2. The molecule has 1 N–H and O–H groups in total. The highest BCUT2D eigenvalue weighted by molar-refractivity contribution is 7.89. The second-order valence-corrected chi connectivity index (χ2v) is 9.53. The van der Waals surface area contributed by atoms with Crippen LogP contribution in [0.4, 0.5) is 0 Å². The molecular formula is C15H30N2O2S. The quantitative estimate of drug-likeness (QED) is 0.847. The van der Waals surface area contributed by atoms with Gasteiger partial charge in [-0.15, -0.1) is 0 Å². The maximum absolute atomic E-state index is 12.4. The molecule has 1 aliphatic carbocycles. The van der Waals surface area contributed by atoms with Gasteiger partial charge in [0.25, 0.3) is 0 Å². The first-order valence-electron chi connectivity index (χ1n) is 8.00. The highest BCUT2D eigenvalue weighted by Crippen LogP contribution is 2.34. The standard InChI is InChI=1S/C15H30N2O2S/c1-15(2,3)13-5-4-10-17(11-8-13)20(18,19)12-9-16-14-6-7-14/h13-14,16H,4-12H2,1-3H3. The van der Waals surface area contributed by atoms with Crippen molar-refractivity contribution in [3.63, 3.8) is 0 Å². The van der Waals surface area contributed by atoms with E-state index in [1.165, 1.54) is 12.8 Å². The van der Waals surface area contributed by atoms with E-state index in [0.717, 1.165) is 19.3 Å². The van der Waals surface area contributed by atoms with E-state index in [9.17, 15) is 8.42 Å². The van der Waals surface area contributed by atoms with Crippen molar-refractivity contribution < 1.29 is 8.42 Å². The number of sulfonamides is 1. The van der Waals surface area contributed by atoms with Crippen LogP contribution in [0, 0.1) is 11.3 Å². The lowest BCUT2D eigenvalue weighted by atomic mass is 9.77. The second-order valence-electron chi connectivity index (χ2n) is 7.44. The fourth-order valence-corrected chi connectivity index (χ4v) is 4.45. The molecule has 1 saturated carbocycles. The lowest BCUT2D eigenvalue weighted by Gasteiger charge is -2.29. The summed E-state index contributed by atoms with van der Waals surface area (Å²) in [5, 5.41) is 3.29. The van der Waals surface area contributed by atoms with E-state index in [-0.39, 0.29) is 11.2 Å². The van der Waals surface area contributed by atoms with Gasteiger partial charge in [0.15, 0.2) is 0 Å². The molecule has 1 saturated heterocycles. The van der Waals surface area contributed by atoms with Crippen LogP contribution in [0.3, 0.4) is 0 Å². The van der Waals surface area contributed by atoms with E-state index in [4.69, 9.17) is 0 Å². The van der Waals surface area contributed by atoms with E-state index in [1.54, 1.807) is 4.31 Å². The fraction of sp³-hybridized carbons (Fsp3) is 1.00. The number of rotatable bonds is 5. The molecular weight excluding hydrogens is 272 g/mol. The van der Waals surface area contributed by atoms with Crippen LogP contribution >= 0.6 is 0 Å². The topological polar surface area (TPSA) is 49.4 Å². The van der Waals surface area contributed by atoms with Crippen molar-refractivity contribution >= 4 is 10.0 Å². The van der Waals surface area contributed by atoms with Gasteiger partial charge in [0.05, 0.1) is 5.75 Å². The minimum absolute atomic E-state index is 0.254. The van der Waals surface area contributed by atoms with Crippen LogP contribution in [0.1, 0.15) is 52.9 Å². The van der Waals surface area contributed by atoms with E-state index in [2.05, 4.69) is 26.1 Å². The first-order valence-corrected chi connectivity index (χ1v) is 9.61. The van der Waals surface area contributed by atoms with E-state index in [0.29, 0.717) is 31.6 Å². The molecule has 0 aromatic heterocycles. The van der Waals surface area contributed by atoms with Crippen LogP contribution in [0.5, 0.6) is 0 Å². The Morgan fingerprint density at radius 1 is 1.10 bits per heavy atom. The summed E-state index contributed by atoms with van der Waals surface area (Å²) >= 11 is 0. The van der Waals surface area contributed by atoms with Crippen molar-refractivity contribution in [3.05, 3.63) is 0 Å². The maximum atomic E-state index is 12.4. The molecule has 0 amide bonds. The Morgan fingerprint density at radius 2 is 1.80 bits per heavy atom. The Kier molecular flexibility index (Phi) is 5.14. The largest absolute Gasteiger partial charge is 0.313 e. The molecule has 0 spiro atoms. The van der Waals surface area contributed by atoms with Crippen LogP contribution in [0.25, 0.3) is 0 Å². The van der Waals surface area contributed by atoms with Crippen LogP contribution in [-0.4, -0.2) is 44.2 Å². The highest BCUT2D eigenvalue weighted by Gasteiger charge is 2.31. The van der Waals surface area contributed by atoms with Crippen molar-refractivity contribution in [2.75, 3.05) is 25.4 Å². The van der Waals surface area contributed by atoms with Gasteiger partial charge in [-0.25, -0.2) is 12.7 Å². The third-order valence-electron chi connectivity index (χ3n) is 4.68. The Labute approximate surface area is 124 Å². The van der Waals surface area contributed by atoms with Crippen LogP contribution < -0.4 is 5.32 Å². The van der Waals surface area contributed by atoms with E-state index in [1.807, 2.05) is 0 Å². The molecule has 0 aromatic rings. The summed E-state index contributed by atoms with van der Waals surface area (Å²) in [6.07, 6.45) is 5.56. The molecule has 1 aliphatic heterocycles. The second kappa shape index (κ2) is 6.32. The average Bonchev–Trinajstić information content (AvgIpc) is 3.12. The third-order valence-corrected chi connectivity index (χ3v) is 6.55. The minimum atomic E-state index is -3.07. The molecule has 1 atom stereocenters. The smallest absolute Gasteiger partial charge is 0.215 e.